The minimum absolute atomic E-state index is 0.227. The van der Waals surface area contributed by atoms with Crippen LogP contribution in [0.4, 0.5) is 5.82 Å². The van der Waals surface area contributed by atoms with Crippen molar-refractivity contribution < 1.29 is 0 Å². The zero-order chi connectivity index (χ0) is 12.3. The third-order valence-electron chi connectivity index (χ3n) is 2.06. The van der Waals surface area contributed by atoms with Gasteiger partial charge in [-0.2, -0.15) is 4.98 Å². The Kier molecular flexibility index (Phi) is 4.36. The summed E-state index contributed by atoms with van der Waals surface area (Å²) in [6.07, 6.45) is 1.62. The molecule has 0 aliphatic heterocycles. The SMILES string of the molecule is Clc1ncc(Br)c(NCc2cccc(Br)c2)n1. The van der Waals surface area contributed by atoms with Crippen LogP contribution in [-0.4, -0.2) is 9.97 Å². The van der Waals surface area contributed by atoms with Crippen LogP contribution in [0, 0.1) is 0 Å². The van der Waals surface area contributed by atoms with Gasteiger partial charge in [-0.05, 0) is 45.2 Å². The lowest BCUT2D eigenvalue weighted by atomic mass is 10.2. The Bertz CT molecular complexity index is 534. The minimum Gasteiger partial charge on any atom is -0.365 e. The van der Waals surface area contributed by atoms with E-state index in [1.807, 2.05) is 24.3 Å². The maximum absolute atomic E-state index is 5.73. The molecule has 0 atom stereocenters. The van der Waals surface area contributed by atoms with Crippen molar-refractivity contribution >= 4 is 49.3 Å². The molecule has 17 heavy (non-hydrogen) atoms. The highest BCUT2D eigenvalue weighted by molar-refractivity contribution is 9.10. The zero-order valence-corrected chi connectivity index (χ0v) is 12.6. The van der Waals surface area contributed by atoms with Gasteiger partial charge in [0, 0.05) is 17.2 Å². The summed E-state index contributed by atoms with van der Waals surface area (Å²) >= 11 is 12.5. The molecule has 0 aliphatic carbocycles. The van der Waals surface area contributed by atoms with Gasteiger partial charge in [-0.3, -0.25) is 0 Å². The van der Waals surface area contributed by atoms with Crippen molar-refractivity contribution in [2.75, 3.05) is 5.32 Å². The van der Waals surface area contributed by atoms with Crippen LogP contribution in [0.1, 0.15) is 5.56 Å². The van der Waals surface area contributed by atoms with Crippen LogP contribution in [0.15, 0.2) is 39.4 Å². The van der Waals surface area contributed by atoms with E-state index in [1.54, 1.807) is 6.20 Å². The lowest BCUT2D eigenvalue weighted by Gasteiger charge is -2.07. The van der Waals surface area contributed by atoms with Crippen LogP contribution >= 0.6 is 43.5 Å². The molecule has 2 rings (SSSR count). The number of benzene rings is 1. The third kappa shape index (κ3) is 3.66. The van der Waals surface area contributed by atoms with Gasteiger partial charge in [-0.25, -0.2) is 4.98 Å². The number of hydrogen-bond donors (Lipinski definition) is 1. The first-order valence-electron chi connectivity index (χ1n) is 4.81. The highest BCUT2D eigenvalue weighted by atomic mass is 79.9. The third-order valence-corrected chi connectivity index (χ3v) is 3.32. The Labute approximate surface area is 121 Å². The van der Waals surface area contributed by atoms with Gasteiger partial charge in [0.1, 0.15) is 5.82 Å². The second-order valence-corrected chi connectivity index (χ2v) is 5.43. The molecule has 0 fully saturated rings. The van der Waals surface area contributed by atoms with Crippen molar-refractivity contribution in [3.63, 3.8) is 0 Å². The first-order valence-corrected chi connectivity index (χ1v) is 6.78. The van der Waals surface area contributed by atoms with Gasteiger partial charge in [-0.15, -0.1) is 0 Å². The van der Waals surface area contributed by atoms with E-state index in [4.69, 9.17) is 11.6 Å². The summed E-state index contributed by atoms with van der Waals surface area (Å²) in [7, 11) is 0. The Hall–Kier alpha value is -0.650. The second-order valence-electron chi connectivity index (χ2n) is 3.32. The van der Waals surface area contributed by atoms with E-state index in [0.717, 1.165) is 14.5 Å². The van der Waals surface area contributed by atoms with E-state index in [2.05, 4.69) is 47.1 Å². The number of anilines is 1. The zero-order valence-electron chi connectivity index (χ0n) is 8.62. The van der Waals surface area contributed by atoms with Gasteiger partial charge in [-0.1, -0.05) is 28.1 Å². The average molecular weight is 377 g/mol. The molecule has 1 aromatic carbocycles. The van der Waals surface area contributed by atoms with E-state index >= 15 is 0 Å². The number of hydrogen-bond acceptors (Lipinski definition) is 3. The van der Waals surface area contributed by atoms with Crippen LogP contribution in [0.5, 0.6) is 0 Å². The molecule has 0 saturated heterocycles. The highest BCUT2D eigenvalue weighted by Gasteiger charge is 2.03. The normalized spacial score (nSPS) is 10.3. The molecule has 0 amide bonds. The molecule has 0 unspecified atom stereocenters. The molecular formula is C11H8Br2ClN3. The first-order chi connectivity index (χ1) is 8.15. The summed E-state index contributed by atoms with van der Waals surface area (Å²) in [6, 6.07) is 8.06. The minimum atomic E-state index is 0.227. The largest absolute Gasteiger partial charge is 0.365 e. The standard InChI is InChI=1S/C11H8Br2ClN3/c12-8-3-1-2-7(4-8)5-15-10-9(13)6-16-11(14)17-10/h1-4,6H,5H2,(H,15,16,17). The summed E-state index contributed by atoms with van der Waals surface area (Å²) in [6.45, 7) is 0.672. The van der Waals surface area contributed by atoms with Gasteiger partial charge in [0.2, 0.25) is 5.28 Å². The van der Waals surface area contributed by atoms with Gasteiger partial charge in [0.25, 0.3) is 0 Å². The summed E-state index contributed by atoms with van der Waals surface area (Å²) in [4.78, 5) is 7.96. The Balaban J connectivity index is 2.09. The summed E-state index contributed by atoms with van der Waals surface area (Å²) in [5, 5.41) is 3.42. The topological polar surface area (TPSA) is 37.8 Å². The van der Waals surface area contributed by atoms with Crippen molar-refractivity contribution in [1.29, 1.82) is 0 Å². The maximum Gasteiger partial charge on any atom is 0.224 e. The van der Waals surface area contributed by atoms with E-state index in [9.17, 15) is 0 Å². The molecule has 1 N–H and O–H groups in total. The Morgan fingerprint density at radius 3 is 2.88 bits per heavy atom. The second kappa shape index (κ2) is 5.80. The summed E-state index contributed by atoms with van der Waals surface area (Å²) < 4.78 is 1.84. The summed E-state index contributed by atoms with van der Waals surface area (Å²) in [5.74, 6) is 0.685. The van der Waals surface area contributed by atoms with Crippen molar-refractivity contribution in [3.05, 3.63) is 50.3 Å². The fourth-order valence-electron chi connectivity index (χ4n) is 1.30. The van der Waals surface area contributed by atoms with E-state index in [1.165, 1.54) is 0 Å². The van der Waals surface area contributed by atoms with Crippen LogP contribution in [0.3, 0.4) is 0 Å². The van der Waals surface area contributed by atoms with Gasteiger partial charge in [0.05, 0.1) is 4.47 Å². The van der Waals surface area contributed by atoms with Gasteiger partial charge in [0.15, 0.2) is 0 Å². The molecule has 0 saturated carbocycles. The Morgan fingerprint density at radius 1 is 1.29 bits per heavy atom. The smallest absolute Gasteiger partial charge is 0.224 e. The predicted molar refractivity (Wildman–Crippen MR) is 76.2 cm³/mol. The van der Waals surface area contributed by atoms with E-state index in [0.29, 0.717) is 12.4 Å². The molecule has 1 heterocycles. The molecule has 0 aliphatic rings. The van der Waals surface area contributed by atoms with Gasteiger partial charge < -0.3 is 5.32 Å². The number of aromatic nitrogens is 2. The molecule has 0 bridgehead atoms. The number of halogens is 3. The molecule has 1 aromatic heterocycles. The molecular weight excluding hydrogens is 369 g/mol. The van der Waals surface area contributed by atoms with Crippen molar-refractivity contribution in [1.82, 2.24) is 9.97 Å². The lowest BCUT2D eigenvalue weighted by Crippen LogP contribution is -2.02. The molecule has 2 aromatic rings. The first kappa shape index (κ1) is 12.8. The fraction of sp³-hybridized carbons (Fsp3) is 0.0909. The fourth-order valence-corrected chi connectivity index (χ4v) is 2.21. The van der Waals surface area contributed by atoms with Crippen LogP contribution in [0.2, 0.25) is 5.28 Å². The highest BCUT2D eigenvalue weighted by Crippen LogP contribution is 2.21. The van der Waals surface area contributed by atoms with Crippen molar-refractivity contribution in [3.8, 4) is 0 Å². The van der Waals surface area contributed by atoms with Gasteiger partial charge >= 0.3 is 0 Å². The molecule has 6 heteroatoms. The lowest BCUT2D eigenvalue weighted by molar-refractivity contribution is 1.07. The monoisotopic (exact) mass is 375 g/mol. The molecule has 0 radical (unpaired) electrons. The molecule has 3 nitrogen and oxygen atoms in total. The molecule has 0 spiro atoms. The number of nitrogens with one attached hydrogen (secondary N) is 1. The number of rotatable bonds is 3. The van der Waals surface area contributed by atoms with Crippen LogP contribution in [-0.2, 0) is 6.54 Å². The van der Waals surface area contributed by atoms with Crippen LogP contribution < -0.4 is 5.32 Å². The van der Waals surface area contributed by atoms with Crippen molar-refractivity contribution in [2.45, 2.75) is 6.54 Å². The quantitative estimate of drug-likeness (QED) is 0.812. The van der Waals surface area contributed by atoms with Crippen LogP contribution in [0.25, 0.3) is 0 Å². The maximum atomic E-state index is 5.73. The summed E-state index contributed by atoms with van der Waals surface area (Å²) in [5.41, 5.74) is 1.15. The van der Waals surface area contributed by atoms with Crippen molar-refractivity contribution in [2.24, 2.45) is 0 Å². The van der Waals surface area contributed by atoms with E-state index in [-0.39, 0.29) is 5.28 Å². The predicted octanol–water partition coefficient (Wildman–Crippen LogP) is 4.27. The number of nitrogens with zero attached hydrogens (tertiary/aromatic N) is 2. The van der Waals surface area contributed by atoms with E-state index < -0.39 is 0 Å². The Morgan fingerprint density at radius 2 is 2.12 bits per heavy atom. The average Bonchev–Trinajstić information content (AvgIpc) is 2.30. The molecule has 88 valence electrons.